The van der Waals surface area contributed by atoms with Crippen molar-refractivity contribution in [2.75, 3.05) is 19.6 Å². The Bertz CT molecular complexity index is 747. The van der Waals surface area contributed by atoms with E-state index in [0.29, 0.717) is 17.6 Å². The Morgan fingerprint density at radius 2 is 1.96 bits per heavy atom. The maximum atomic E-state index is 10.6. The van der Waals surface area contributed by atoms with Gasteiger partial charge in [-0.1, -0.05) is 24.3 Å². The molecule has 0 amide bonds. The summed E-state index contributed by atoms with van der Waals surface area (Å²) in [6.45, 7) is 2.87. The molecule has 1 heterocycles. The second-order valence-corrected chi connectivity index (χ2v) is 6.98. The molecule has 1 fully saturated rings. The lowest BCUT2D eigenvalue weighted by atomic mass is 10.1. The first-order valence-corrected chi connectivity index (χ1v) is 8.90. The fraction of sp³-hybridized carbons (Fsp3) is 0.400. The number of hydrogen-bond acceptors (Lipinski definition) is 5. The average Bonchev–Trinajstić information content (AvgIpc) is 3.27. The Labute approximate surface area is 147 Å². The number of likely N-dealkylation sites (tertiary alicyclic amines) is 1. The Morgan fingerprint density at radius 3 is 2.68 bits per heavy atom. The minimum Gasteiger partial charge on any atom is -0.484 e. The molecule has 5 heteroatoms. The van der Waals surface area contributed by atoms with Crippen LogP contribution in [0, 0.1) is 10.8 Å². The molecule has 0 bridgehead atoms. The molecule has 0 saturated carbocycles. The first-order chi connectivity index (χ1) is 12.3. The summed E-state index contributed by atoms with van der Waals surface area (Å²) in [4.78, 5) is 13.1. The Morgan fingerprint density at radius 1 is 1.16 bits per heavy atom. The Kier molecular flexibility index (Phi) is 4.51. The van der Waals surface area contributed by atoms with Gasteiger partial charge in [-0.3, -0.25) is 4.90 Å². The van der Waals surface area contributed by atoms with Crippen LogP contribution in [0.15, 0.2) is 53.7 Å². The predicted molar refractivity (Wildman–Crippen MR) is 97.9 cm³/mol. The zero-order valence-electron chi connectivity index (χ0n) is 14.2. The van der Waals surface area contributed by atoms with Gasteiger partial charge in [-0.2, -0.15) is 0 Å². The highest BCUT2D eigenvalue weighted by atomic mass is 16.5. The van der Waals surface area contributed by atoms with Crippen molar-refractivity contribution in [3.8, 4) is 5.75 Å². The monoisotopic (exact) mass is 337 g/mol. The molecule has 0 radical (unpaired) electrons. The molecule has 0 unspecified atom stereocenters. The van der Waals surface area contributed by atoms with Crippen LogP contribution in [-0.2, 0) is 6.42 Å². The van der Waals surface area contributed by atoms with Gasteiger partial charge in [0, 0.05) is 6.54 Å². The lowest BCUT2D eigenvalue weighted by Gasteiger charge is -2.30. The van der Waals surface area contributed by atoms with Gasteiger partial charge in [0.15, 0.2) is 0 Å². The maximum Gasteiger partial charge on any atom is 0.140 e. The van der Waals surface area contributed by atoms with Crippen molar-refractivity contribution in [3.63, 3.8) is 0 Å². The van der Waals surface area contributed by atoms with E-state index in [1.54, 1.807) is 12.1 Å². The molecule has 25 heavy (non-hydrogen) atoms. The molecule has 2 aromatic rings. The van der Waals surface area contributed by atoms with Gasteiger partial charge in [0.1, 0.15) is 17.5 Å². The summed E-state index contributed by atoms with van der Waals surface area (Å²) in [6, 6.07) is 15.9. The standard InChI is InChI=1S/C20H23N3O2/c21-12-14-9-10-23(13-14)19-11-15-3-1-2-4-18(15)20(19)25-17-7-5-16(22-24)6-8-17/h1-8,14,19-20H,9-13,21H2/t14-,19-,20-/m1/s1. The van der Waals surface area contributed by atoms with Crippen LogP contribution < -0.4 is 10.5 Å². The summed E-state index contributed by atoms with van der Waals surface area (Å²) in [5.41, 5.74) is 8.92. The summed E-state index contributed by atoms with van der Waals surface area (Å²) < 4.78 is 6.38. The Hall–Kier alpha value is -2.24. The van der Waals surface area contributed by atoms with Gasteiger partial charge in [0.25, 0.3) is 0 Å². The van der Waals surface area contributed by atoms with Gasteiger partial charge >= 0.3 is 0 Å². The van der Waals surface area contributed by atoms with Crippen LogP contribution >= 0.6 is 0 Å². The maximum absolute atomic E-state index is 10.6. The summed E-state index contributed by atoms with van der Waals surface area (Å²) in [5.74, 6) is 1.36. The Balaban J connectivity index is 1.59. The molecule has 130 valence electrons. The van der Waals surface area contributed by atoms with Gasteiger partial charge < -0.3 is 10.5 Å². The summed E-state index contributed by atoms with van der Waals surface area (Å²) in [6.07, 6.45) is 2.17. The van der Waals surface area contributed by atoms with E-state index in [9.17, 15) is 4.91 Å². The van der Waals surface area contributed by atoms with E-state index in [2.05, 4.69) is 34.3 Å². The van der Waals surface area contributed by atoms with E-state index in [1.807, 2.05) is 12.1 Å². The first-order valence-electron chi connectivity index (χ1n) is 8.90. The van der Waals surface area contributed by atoms with Gasteiger partial charge in [-0.05, 0) is 72.4 Å². The third-order valence-electron chi connectivity index (χ3n) is 5.46. The topological polar surface area (TPSA) is 67.9 Å². The van der Waals surface area contributed by atoms with Crippen LogP contribution in [-0.4, -0.2) is 30.6 Å². The molecular weight excluding hydrogens is 314 g/mol. The molecular formula is C20H23N3O2. The molecule has 0 spiro atoms. The van der Waals surface area contributed by atoms with Gasteiger partial charge in [0.05, 0.1) is 6.04 Å². The van der Waals surface area contributed by atoms with E-state index < -0.39 is 0 Å². The molecule has 5 nitrogen and oxygen atoms in total. The third kappa shape index (κ3) is 3.17. The molecule has 2 N–H and O–H groups in total. The SMILES string of the molecule is NC[C@H]1CCN([C@@H]2Cc3ccccc3[C@H]2Oc2ccc(N=O)cc2)C1. The minimum absolute atomic E-state index is 0.00256. The number of ether oxygens (including phenoxy) is 1. The molecule has 1 aliphatic heterocycles. The molecule has 4 rings (SSSR count). The van der Waals surface area contributed by atoms with Crippen molar-refractivity contribution in [3.05, 3.63) is 64.6 Å². The van der Waals surface area contributed by atoms with Crippen molar-refractivity contribution in [2.24, 2.45) is 16.8 Å². The number of nitrogens with zero attached hydrogens (tertiary/aromatic N) is 2. The number of nitroso groups, excluding NO2 is 1. The lowest BCUT2D eigenvalue weighted by Crippen LogP contribution is -2.39. The number of benzene rings is 2. The first kappa shape index (κ1) is 16.2. The van der Waals surface area contributed by atoms with Crippen LogP contribution in [0.25, 0.3) is 0 Å². The molecule has 0 aromatic heterocycles. The quantitative estimate of drug-likeness (QED) is 0.849. The molecule has 1 saturated heterocycles. The average molecular weight is 337 g/mol. The summed E-state index contributed by atoms with van der Waals surface area (Å²) in [7, 11) is 0. The van der Waals surface area contributed by atoms with E-state index in [-0.39, 0.29) is 6.10 Å². The van der Waals surface area contributed by atoms with Crippen LogP contribution in [0.3, 0.4) is 0 Å². The highest BCUT2D eigenvalue weighted by molar-refractivity contribution is 5.42. The van der Waals surface area contributed by atoms with Gasteiger partial charge in [-0.15, -0.1) is 4.91 Å². The fourth-order valence-corrected chi connectivity index (χ4v) is 4.09. The van der Waals surface area contributed by atoms with Crippen LogP contribution in [0.1, 0.15) is 23.7 Å². The highest BCUT2D eigenvalue weighted by Gasteiger charge is 2.40. The van der Waals surface area contributed by atoms with Crippen LogP contribution in [0.5, 0.6) is 5.75 Å². The number of fused-ring (bicyclic) bond motifs is 1. The molecule has 1 aliphatic carbocycles. The number of rotatable bonds is 5. The lowest BCUT2D eigenvalue weighted by molar-refractivity contribution is 0.0917. The third-order valence-corrected chi connectivity index (χ3v) is 5.46. The zero-order valence-corrected chi connectivity index (χ0v) is 14.2. The van der Waals surface area contributed by atoms with Gasteiger partial charge in [0.2, 0.25) is 0 Å². The van der Waals surface area contributed by atoms with Crippen molar-refractivity contribution < 1.29 is 4.74 Å². The normalized spacial score (nSPS) is 25.7. The van der Waals surface area contributed by atoms with Crippen LogP contribution in [0.2, 0.25) is 0 Å². The smallest absolute Gasteiger partial charge is 0.140 e. The predicted octanol–water partition coefficient (Wildman–Crippen LogP) is 3.41. The van der Waals surface area contributed by atoms with Crippen molar-refractivity contribution in [1.82, 2.24) is 4.90 Å². The van der Waals surface area contributed by atoms with Crippen LogP contribution in [0.4, 0.5) is 5.69 Å². The summed E-state index contributed by atoms with van der Waals surface area (Å²) >= 11 is 0. The van der Waals surface area contributed by atoms with E-state index in [1.165, 1.54) is 11.1 Å². The number of hydrogen-bond donors (Lipinski definition) is 1. The van der Waals surface area contributed by atoms with Crippen molar-refractivity contribution in [1.29, 1.82) is 0 Å². The fourth-order valence-electron chi connectivity index (χ4n) is 4.09. The summed E-state index contributed by atoms with van der Waals surface area (Å²) in [5, 5.41) is 2.95. The van der Waals surface area contributed by atoms with Gasteiger partial charge in [-0.25, -0.2) is 0 Å². The second-order valence-electron chi connectivity index (χ2n) is 6.98. The van der Waals surface area contributed by atoms with E-state index in [4.69, 9.17) is 10.5 Å². The zero-order chi connectivity index (χ0) is 17.2. The van der Waals surface area contributed by atoms with Crippen molar-refractivity contribution >= 4 is 5.69 Å². The number of nitrogens with two attached hydrogens (primary N) is 1. The molecule has 3 atom stereocenters. The molecule has 2 aromatic carbocycles. The van der Waals surface area contributed by atoms with E-state index in [0.717, 1.165) is 38.2 Å². The molecule has 2 aliphatic rings. The highest BCUT2D eigenvalue weighted by Crippen LogP contribution is 2.39. The van der Waals surface area contributed by atoms with Crippen molar-refractivity contribution in [2.45, 2.75) is 25.0 Å². The van der Waals surface area contributed by atoms with E-state index >= 15 is 0 Å². The second kappa shape index (κ2) is 6.94. The minimum atomic E-state index is 0.00256. The largest absolute Gasteiger partial charge is 0.484 e.